The highest BCUT2D eigenvalue weighted by molar-refractivity contribution is 6.42. The van der Waals surface area contributed by atoms with E-state index in [4.69, 9.17) is 23.2 Å². The van der Waals surface area contributed by atoms with Gasteiger partial charge in [0.15, 0.2) is 0 Å². The van der Waals surface area contributed by atoms with Gasteiger partial charge >= 0.3 is 12.4 Å². The summed E-state index contributed by atoms with van der Waals surface area (Å²) in [5.74, 6) is -2.10. The quantitative estimate of drug-likeness (QED) is 0.344. The molecule has 2 atom stereocenters. The van der Waals surface area contributed by atoms with Gasteiger partial charge in [-0.15, -0.1) is 0 Å². The largest absolute Gasteiger partial charge is 0.416 e. The molecule has 2 aliphatic heterocycles. The van der Waals surface area contributed by atoms with Gasteiger partial charge < -0.3 is 14.7 Å². The maximum absolute atomic E-state index is 13.5. The molecule has 2 aromatic carbocycles. The maximum atomic E-state index is 13.5. The molecule has 14 heteroatoms. The van der Waals surface area contributed by atoms with E-state index in [1.807, 2.05) is 0 Å². The van der Waals surface area contributed by atoms with Gasteiger partial charge in [0.2, 0.25) is 11.8 Å². The van der Waals surface area contributed by atoms with E-state index in [0.717, 1.165) is 4.90 Å². The second kappa shape index (κ2) is 12.6. The van der Waals surface area contributed by atoms with Crippen molar-refractivity contribution in [2.75, 3.05) is 33.2 Å². The zero-order chi connectivity index (χ0) is 31.9. The molecule has 43 heavy (non-hydrogen) atoms. The Bertz CT molecular complexity index is 1360. The summed E-state index contributed by atoms with van der Waals surface area (Å²) in [6.45, 7) is 2.71. The molecule has 0 aliphatic carbocycles. The highest BCUT2D eigenvalue weighted by Crippen LogP contribution is 2.39. The van der Waals surface area contributed by atoms with Crippen LogP contribution in [0.2, 0.25) is 10.0 Å². The topological polar surface area (TPSA) is 60.9 Å². The molecule has 0 radical (unpaired) electrons. The minimum absolute atomic E-state index is 0.0275. The molecule has 0 saturated carbocycles. The summed E-state index contributed by atoms with van der Waals surface area (Å²) in [4.78, 5) is 43.1. The number of hydrogen-bond acceptors (Lipinski definition) is 3. The van der Waals surface area contributed by atoms with E-state index in [2.05, 4.69) is 0 Å². The minimum atomic E-state index is -5.11. The van der Waals surface area contributed by atoms with Gasteiger partial charge in [-0.05, 0) is 55.2 Å². The lowest BCUT2D eigenvalue weighted by atomic mass is 9.83. The molecule has 0 spiro atoms. The van der Waals surface area contributed by atoms with Gasteiger partial charge in [0.1, 0.15) is 0 Å². The van der Waals surface area contributed by atoms with Crippen LogP contribution in [0.1, 0.15) is 59.2 Å². The molecule has 2 saturated heterocycles. The lowest BCUT2D eigenvalue weighted by Gasteiger charge is -2.44. The van der Waals surface area contributed by atoms with Crippen LogP contribution in [0.25, 0.3) is 0 Å². The van der Waals surface area contributed by atoms with Gasteiger partial charge in [-0.3, -0.25) is 14.4 Å². The Morgan fingerprint density at radius 3 is 1.88 bits per heavy atom. The van der Waals surface area contributed by atoms with Crippen molar-refractivity contribution < 1.29 is 40.7 Å². The summed E-state index contributed by atoms with van der Waals surface area (Å²) in [5, 5.41) is 0.468. The van der Waals surface area contributed by atoms with Crippen LogP contribution in [-0.2, 0) is 21.9 Å². The Morgan fingerprint density at radius 1 is 0.814 bits per heavy atom. The first kappa shape index (κ1) is 32.9. The third-order valence-electron chi connectivity index (χ3n) is 8.20. The minimum Gasteiger partial charge on any atom is -0.343 e. The van der Waals surface area contributed by atoms with Crippen molar-refractivity contribution in [3.8, 4) is 0 Å². The number of amides is 3. The number of nitrogens with zero attached hydrogens (tertiary/aromatic N) is 3. The summed E-state index contributed by atoms with van der Waals surface area (Å²) in [7, 11) is 1.32. The number of likely N-dealkylation sites (N-methyl/N-ethyl adjacent to an activating group) is 1. The predicted molar refractivity (Wildman–Crippen MR) is 148 cm³/mol. The molecule has 2 aromatic rings. The number of carbonyl (C=O) groups excluding carboxylic acids is 3. The van der Waals surface area contributed by atoms with Crippen molar-refractivity contribution in [1.82, 2.24) is 14.7 Å². The fourth-order valence-corrected chi connectivity index (χ4v) is 6.11. The molecule has 0 N–H and O–H groups in total. The summed E-state index contributed by atoms with van der Waals surface area (Å²) >= 11 is 12.4. The monoisotopic (exact) mass is 651 g/mol. The van der Waals surface area contributed by atoms with E-state index in [9.17, 15) is 40.7 Å². The van der Waals surface area contributed by atoms with Crippen molar-refractivity contribution in [2.45, 2.75) is 50.5 Å². The normalized spacial score (nSPS) is 20.2. The summed E-state index contributed by atoms with van der Waals surface area (Å²) < 4.78 is 80.8. The number of piperidine rings is 2. The molecule has 2 heterocycles. The van der Waals surface area contributed by atoms with Gasteiger partial charge in [0, 0.05) is 63.6 Å². The number of carbonyl (C=O) groups is 3. The fraction of sp³-hybridized carbons (Fsp3) is 0.483. The highest BCUT2D eigenvalue weighted by atomic mass is 35.5. The first-order valence-corrected chi connectivity index (χ1v) is 14.3. The third kappa shape index (κ3) is 7.39. The third-order valence-corrected chi connectivity index (χ3v) is 8.94. The van der Waals surface area contributed by atoms with E-state index in [1.165, 1.54) is 14.0 Å². The molecule has 2 aliphatic rings. The summed E-state index contributed by atoms with van der Waals surface area (Å²) in [6.07, 6.45) is -9.03. The second-order valence-corrected chi connectivity index (χ2v) is 11.7. The zero-order valence-electron chi connectivity index (χ0n) is 23.2. The number of rotatable bonds is 4. The van der Waals surface area contributed by atoms with Crippen LogP contribution in [0.4, 0.5) is 26.3 Å². The lowest BCUT2D eigenvalue weighted by Crippen LogP contribution is -2.53. The van der Waals surface area contributed by atoms with Crippen LogP contribution in [0.3, 0.4) is 0 Å². The number of halogens is 8. The Kier molecular flexibility index (Phi) is 9.61. The molecular formula is C29H29Cl2F6N3O3. The Hall–Kier alpha value is -2.99. The molecule has 2 fully saturated rings. The molecule has 0 aromatic heterocycles. The average Bonchev–Trinajstić information content (AvgIpc) is 2.96. The van der Waals surface area contributed by atoms with Gasteiger partial charge in [-0.25, -0.2) is 0 Å². The Morgan fingerprint density at radius 2 is 1.37 bits per heavy atom. The molecule has 6 nitrogen and oxygen atoms in total. The number of hydrogen-bond donors (Lipinski definition) is 0. The SMILES string of the molecule is CC(=O)N1CCC(C(=O)N2CC[C@H](N(C)C(=O)c3cc(C(F)(F)F)cc(C(F)(F)F)c3)[C@@H](c3ccc(Cl)c(Cl)c3)C2)CC1. The number of likely N-dealkylation sites (tertiary alicyclic amines) is 2. The van der Waals surface area contributed by atoms with E-state index in [1.54, 1.807) is 28.0 Å². The Labute approximate surface area is 254 Å². The second-order valence-electron chi connectivity index (χ2n) is 10.9. The van der Waals surface area contributed by atoms with Crippen molar-refractivity contribution in [1.29, 1.82) is 0 Å². The van der Waals surface area contributed by atoms with Crippen LogP contribution < -0.4 is 0 Å². The van der Waals surface area contributed by atoms with Crippen LogP contribution in [0.5, 0.6) is 0 Å². The van der Waals surface area contributed by atoms with Crippen molar-refractivity contribution >= 4 is 40.9 Å². The van der Waals surface area contributed by atoms with E-state index in [0.29, 0.717) is 43.6 Å². The van der Waals surface area contributed by atoms with E-state index >= 15 is 0 Å². The fourth-order valence-electron chi connectivity index (χ4n) is 5.81. The molecule has 0 bridgehead atoms. The van der Waals surface area contributed by atoms with E-state index < -0.39 is 46.9 Å². The molecule has 4 rings (SSSR count). The molecule has 3 amide bonds. The van der Waals surface area contributed by atoms with Crippen LogP contribution in [0.15, 0.2) is 36.4 Å². The van der Waals surface area contributed by atoms with Gasteiger partial charge in [-0.2, -0.15) is 26.3 Å². The summed E-state index contributed by atoms with van der Waals surface area (Å²) in [5.41, 5.74) is -3.33. The first-order chi connectivity index (χ1) is 20.0. The van der Waals surface area contributed by atoms with Crippen LogP contribution >= 0.6 is 23.2 Å². The molecule has 234 valence electrons. The number of alkyl halides is 6. The van der Waals surface area contributed by atoms with E-state index in [-0.39, 0.29) is 53.4 Å². The average molecular weight is 652 g/mol. The lowest BCUT2D eigenvalue weighted by molar-refractivity contribution is -0.143. The highest BCUT2D eigenvalue weighted by Gasteiger charge is 2.41. The van der Waals surface area contributed by atoms with Crippen molar-refractivity contribution in [3.63, 3.8) is 0 Å². The Balaban J connectivity index is 1.63. The predicted octanol–water partition coefficient (Wildman–Crippen LogP) is 6.75. The van der Waals surface area contributed by atoms with Gasteiger partial charge in [0.05, 0.1) is 21.2 Å². The standard InChI is InChI=1S/C29H29Cl2F6N3O3/c1-16(41)39-8-5-17(6-9-39)27(43)40-10-7-25(22(15-40)18-3-4-23(30)24(31)13-18)38(2)26(42)19-11-20(28(32,33)34)14-21(12-19)29(35,36)37/h3-4,11-14,17,22,25H,5-10,15H2,1-2H3/t22-,25+/m1/s1. The molecular weight excluding hydrogens is 623 g/mol. The van der Waals surface area contributed by atoms with Crippen LogP contribution in [0, 0.1) is 5.92 Å². The number of benzene rings is 2. The maximum Gasteiger partial charge on any atom is 0.416 e. The smallest absolute Gasteiger partial charge is 0.343 e. The van der Waals surface area contributed by atoms with Gasteiger partial charge in [0.25, 0.3) is 5.91 Å². The molecule has 0 unspecified atom stereocenters. The first-order valence-electron chi connectivity index (χ1n) is 13.5. The van der Waals surface area contributed by atoms with Gasteiger partial charge in [-0.1, -0.05) is 29.3 Å². The van der Waals surface area contributed by atoms with Crippen LogP contribution in [-0.4, -0.2) is 71.7 Å². The van der Waals surface area contributed by atoms with Crippen molar-refractivity contribution in [3.05, 3.63) is 68.7 Å². The zero-order valence-corrected chi connectivity index (χ0v) is 24.7. The van der Waals surface area contributed by atoms with Crippen molar-refractivity contribution in [2.24, 2.45) is 5.92 Å². The summed E-state index contributed by atoms with van der Waals surface area (Å²) in [6, 6.07) is 4.87.